The molecule has 0 N–H and O–H groups in total. The van der Waals surface area contributed by atoms with Gasteiger partial charge in [-0.25, -0.2) is 18.2 Å². The van der Waals surface area contributed by atoms with Crippen LogP contribution in [-0.4, -0.2) is 60.5 Å². The quantitative estimate of drug-likeness (QED) is 0.675. The number of carbonyl (C=O) groups is 1. The molecule has 0 unspecified atom stereocenters. The molecule has 0 atom stereocenters. The van der Waals surface area contributed by atoms with Crippen LogP contribution in [0.5, 0.6) is 0 Å². The normalized spacial score (nSPS) is 17.1. The van der Waals surface area contributed by atoms with Crippen LogP contribution in [0.4, 0.5) is 18.0 Å². The van der Waals surface area contributed by atoms with E-state index in [0.29, 0.717) is 0 Å². The summed E-state index contributed by atoms with van der Waals surface area (Å²) in [6.07, 6.45) is -5.59. The Morgan fingerprint density at radius 1 is 1.15 bits per heavy atom. The number of carbonyl (C=O) groups excluding carboxylic acids is 1. The molecule has 1 fully saturated rings. The summed E-state index contributed by atoms with van der Waals surface area (Å²) in [7, 11) is -4.46. The molecule has 0 radical (unpaired) electrons. The van der Waals surface area contributed by atoms with E-state index in [-0.39, 0.29) is 26.2 Å². The zero-order valence-corrected chi connectivity index (χ0v) is 16.5. The first kappa shape index (κ1) is 21.7. The molecule has 1 aromatic heterocycles. The molecule has 7 nitrogen and oxygen atoms in total. The zero-order chi connectivity index (χ0) is 20.6. The van der Waals surface area contributed by atoms with Gasteiger partial charge in [0.1, 0.15) is 15.6 Å². The summed E-state index contributed by atoms with van der Waals surface area (Å²) in [6, 6.07) is 1.77. The first-order valence-electron chi connectivity index (χ1n) is 7.93. The number of piperazine rings is 1. The lowest BCUT2D eigenvalue weighted by Crippen LogP contribution is -2.51. The number of aromatic nitrogens is 1. The van der Waals surface area contributed by atoms with E-state index in [4.69, 9.17) is 16.3 Å². The SMILES string of the molecule is CC(C)(C)OC(=O)N1CCN(S(=O)(=O)c2ccc(Cl)nc2C(F)(F)F)CC1. The minimum atomic E-state index is -4.98. The Kier molecular flexibility index (Phi) is 5.98. The van der Waals surface area contributed by atoms with Crippen molar-refractivity contribution in [3.63, 3.8) is 0 Å². The highest BCUT2D eigenvalue weighted by Crippen LogP contribution is 2.35. The number of ether oxygens (including phenoxy) is 1. The van der Waals surface area contributed by atoms with E-state index in [9.17, 15) is 26.4 Å². The monoisotopic (exact) mass is 429 g/mol. The molecule has 12 heteroatoms. The number of amides is 1. The summed E-state index contributed by atoms with van der Waals surface area (Å²) in [6.45, 7) is 4.74. The van der Waals surface area contributed by atoms with Crippen LogP contribution in [0.3, 0.4) is 0 Å². The van der Waals surface area contributed by atoms with Gasteiger partial charge in [-0.05, 0) is 32.9 Å². The van der Waals surface area contributed by atoms with Gasteiger partial charge in [-0.2, -0.15) is 17.5 Å². The van der Waals surface area contributed by atoms with Crippen LogP contribution in [0.1, 0.15) is 26.5 Å². The summed E-state index contributed by atoms with van der Waals surface area (Å²) in [4.78, 5) is 15.5. The summed E-state index contributed by atoms with van der Waals surface area (Å²) in [5.41, 5.74) is -2.28. The number of alkyl halides is 3. The summed E-state index contributed by atoms with van der Waals surface area (Å²) >= 11 is 5.49. The van der Waals surface area contributed by atoms with Crippen molar-refractivity contribution in [2.45, 2.75) is 37.4 Å². The Labute approximate surface area is 160 Å². The standard InChI is InChI=1S/C15H19ClF3N3O4S/c1-14(2,3)26-13(23)21-6-8-22(9-7-21)27(24,25)10-4-5-11(16)20-12(10)15(17,18)19/h4-5H,6-9H2,1-3H3. The number of sulfonamides is 1. The molecular weight excluding hydrogens is 411 g/mol. The van der Waals surface area contributed by atoms with E-state index in [1.54, 1.807) is 20.8 Å². The highest BCUT2D eigenvalue weighted by Gasteiger charge is 2.42. The third-order valence-corrected chi connectivity index (χ3v) is 5.74. The average molecular weight is 430 g/mol. The largest absolute Gasteiger partial charge is 0.444 e. The number of pyridine rings is 1. The van der Waals surface area contributed by atoms with Gasteiger partial charge in [-0.3, -0.25) is 0 Å². The van der Waals surface area contributed by atoms with Crippen LogP contribution >= 0.6 is 11.6 Å². The van der Waals surface area contributed by atoms with E-state index in [1.165, 1.54) is 4.90 Å². The minimum Gasteiger partial charge on any atom is -0.444 e. The molecular formula is C15H19ClF3N3O4S. The first-order valence-corrected chi connectivity index (χ1v) is 9.75. The van der Waals surface area contributed by atoms with Crippen molar-refractivity contribution in [1.29, 1.82) is 0 Å². The minimum absolute atomic E-state index is 0.00346. The van der Waals surface area contributed by atoms with Crippen molar-refractivity contribution >= 4 is 27.7 Å². The van der Waals surface area contributed by atoms with Gasteiger partial charge in [0.25, 0.3) is 0 Å². The summed E-state index contributed by atoms with van der Waals surface area (Å²) in [5.74, 6) is 0. The maximum atomic E-state index is 13.2. The molecule has 2 heterocycles. The highest BCUT2D eigenvalue weighted by atomic mass is 35.5. The predicted octanol–water partition coefficient (Wildman–Crippen LogP) is 3.00. The Hall–Kier alpha value is -1.59. The lowest BCUT2D eigenvalue weighted by atomic mass is 10.2. The number of nitrogens with zero attached hydrogens (tertiary/aromatic N) is 3. The fourth-order valence-corrected chi connectivity index (χ4v) is 4.13. The van der Waals surface area contributed by atoms with Gasteiger partial charge in [0.2, 0.25) is 10.0 Å². The molecule has 152 valence electrons. The van der Waals surface area contributed by atoms with Crippen molar-refractivity contribution in [2.24, 2.45) is 0 Å². The van der Waals surface area contributed by atoms with Crippen molar-refractivity contribution < 1.29 is 31.1 Å². The van der Waals surface area contributed by atoms with E-state index in [0.717, 1.165) is 16.4 Å². The van der Waals surface area contributed by atoms with Gasteiger partial charge in [-0.15, -0.1) is 0 Å². The average Bonchev–Trinajstić information content (AvgIpc) is 2.52. The van der Waals surface area contributed by atoms with Crippen LogP contribution in [0.25, 0.3) is 0 Å². The molecule has 0 aromatic carbocycles. The first-order chi connectivity index (χ1) is 12.2. The van der Waals surface area contributed by atoms with Crippen molar-refractivity contribution in [1.82, 2.24) is 14.2 Å². The predicted molar refractivity (Wildman–Crippen MR) is 90.8 cm³/mol. The maximum Gasteiger partial charge on any atom is 0.434 e. The van der Waals surface area contributed by atoms with Gasteiger partial charge in [0.15, 0.2) is 5.69 Å². The Balaban J connectivity index is 2.20. The van der Waals surface area contributed by atoms with E-state index >= 15 is 0 Å². The van der Waals surface area contributed by atoms with Gasteiger partial charge >= 0.3 is 12.3 Å². The molecule has 1 aliphatic heterocycles. The third kappa shape index (κ3) is 5.23. The number of halogens is 4. The fourth-order valence-electron chi connectivity index (χ4n) is 2.41. The number of hydrogen-bond acceptors (Lipinski definition) is 5. The second kappa shape index (κ2) is 7.44. The van der Waals surface area contributed by atoms with Crippen LogP contribution in [0, 0.1) is 0 Å². The molecule has 0 aliphatic carbocycles. The topological polar surface area (TPSA) is 79.8 Å². The van der Waals surface area contributed by atoms with Gasteiger partial charge in [0, 0.05) is 26.2 Å². The molecule has 1 amide bonds. The fraction of sp³-hybridized carbons (Fsp3) is 0.600. The van der Waals surface area contributed by atoms with E-state index in [1.807, 2.05) is 0 Å². The van der Waals surface area contributed by atoms with Crippen molar-refractivity contribution in [3.05, 3.63) is 23.0 Å². The molecule has 1 aliphatic rings. The van der Waals surface area contributed by atoms with Crippen LogP contribution in [-0.2, 0) is 20.9 Å². The second-order valence-corrected chi connectivity index (χ2v) is 9.14. The zero-order valence-electron chi connectivity index (χ0n) is 14.9. The molecule has 0 spiro atoms. The van der Waals surface area contributed by atoms with Gasteiger partial charge in [0.05, 0.1) is 0 Å². The lowest BCUT2D eigenvalue weighted by molar-refractivity contribution is -0.143. The molecule has 27 heavy (non-hydrogen) atoms. The highest BCUT2D eigenvalue weighted by molar-refractivity contribution is 7.89. The number of rotatable bonds is 2. The van der Waals surface area contributed by atoms with Crippen molar-refractivity contribution in [2.75, 3.05) is 26.2 Å². The van der Waals surface area contributed by atoms with E-state index < -0.39 is 43.6 Å². The van der Waals surface area contributed by atoms with Gasteiger partial charge < -0.3 is 9.64 Å². The van der Waals surface area contributed by atoms with E-state index in [2.05, 4.69) is 4.98 Å². The molecule has 0 saturated carbocycles. The maximum absolute atomic E-state index is 13.2. The third-order valence-electron chi connectivity index (χ3n) is 3.60. The van der Waals surface area contributed by atoms with Crippen molar-refractivity contribution in [3.8, 4) is 0 Å². The Morgan fingerprint density at radius 3 is 2.19 bits per heavy atom. The molecule has 1 aromatic rings. The smallest absolute Gasteiger partial charge is 0.434 e. The second-order valence-electron chi connectivity index (χ2n) is 6.85. The Bertz CT molecular complexity index is 817. The summed E-state index contributed by atoms with van der Waals surface area (Å²) in [5, 5.41) is -0.462. The van der Waals surface area contributed by atoms with Gasteiger partial charge in [-0.1, -0.05) is 11.6 Å². The Morgan fingerprint density at radius 2 is 1.70 bits per heavy atom. The molecule has 1 saturated heterocycles. The molecule has 2 rings (SSSR count). The lowest BCUT2D eigenvalue weighted by Gasteiger charge is -2.35. The van der Waals surface area contributed by atoms with Crippen LogP contribution in [0.2, 0.25) is 5.15 Å². The van der Waals surface area contributed by atoms with Crippen LogP contribution in [0.15, 0.2) is 17.0 Å². The molecule has 0 bridgehead atoms. The van der Waals surface area contributed by atoms with Crippen LogP contribution < -0.4 is 0 Å². The summed E-state index contributed by atoms with van der Waals surface area (Å²) < 4.78 is 71.0. The number of hydrogen-bond donors (Lipinski definition) is 0.